The Morgan fingerprint density at radius 2 is 2.00 bits per heavy atom. The molecule has 2 atom stereocenters. The van der Waals surface area contributed by atoms with Crippen LogP contribution in [0.15, 0.2) is 0 Å². The molecule has 20 heavy (non-hydrogen) atoms. The number of rotatable bonds is 4. The van der Waals surface area contributed by atoms with Crippen LogP contribution in [-0.4, -0.2) is 43.8 Å². The first-order chi connectivity index (χ1) is 9.19. The van der Waals surface area contributed by atoms with Crippen molar-refractivity contribution in [2.24, 2.45) is 17.3 Å². The molecule has 0 aliphatic carbocycles. The fourth-order valence-electron chi connectivity index (χ4n) is 3.31. The van der Waals surface area contributed by atoms with Gasteiger partial charge in [0.25, 0.3) is 0 Å². The van der Waals surface area contributed by atoms with Crippen molar-refractivity contribution in [3.8, 4) is 0 Å². The highest BCUT2D eigenvalue weighted by molar-refractivity contribution is 5.67. The highest BCUT2D eigenvalue weighted by Gasteiger charge is 2.31. The molecule has 0 radical (unpaired) electrons. The first-order valence-corrected chi connectivity index (χ1v) is 7.76. The van der Waals surface area contributed by atoms with Crippen LogP contribution in [0.4, 0.5) is 4.79 Å². The third-order valence-corrected chi connectivity index (χ3v) is 3.64. The van der Waals surface area contributed by atoms with Crippen molar-refractivity contribution in [3.63, 3.8) is 0 Å². The Morgan fingerprint density at radius 1 is 1.35 bits per heavy atom. The monoisotopic (exact) mass is 284 g/mol. The van der Waals surface area contributed by atoms with E-state index in [-0.39, 0.29) is 12.1 Å². The van der Waals surface area contributed by atoms with Crippen molar-refractivity contribution in [2.75, 3.05) is 26.7 Å². The molecule has 0 saturated carbocycles. The summed E-state index contributed by atoms with van der Waals surface area (Å²) in [5, 5.41) is 2.98. The average molecular weight is 284 g/mol. The maximum absolute atomic E-state index is 11.4. The van der Waals surface area contributed by atoms with Gasteiger partial charge in [0.2, 0.25) is 0 Å². The van der Waals surface area contributed by atoms with Crippen molar-refractivity contribution in [2.45, 2.75) is 53.5 Å². The molecular formula is C16H32N2O2. The predicted octanol–water partition coefficient (Wildman–Crippen LogP) is 3.13. The highest BCUT2D eigenvalue weighted by Crippen LogP contribution is 2.30. The maximum Gasteiger partial charge on any atom is 0.407 e. The van der Waals surface area contributed by atoms with Crippen molar-refractivity contribution < 1.29 is 9.53 Å². The summed E-state index contributed by atoms with van der Waals surface area (Å²) in [5.41, 5.74) is 0.335. The summed E-state index contributed by atoms with van der Waals surface area (Å²) in [6.45, 7) is 14.5. The van der Waals surface area contributed by atoms with E-state index in [9.17, 15) is 4.79 Å². The van der Waals surface area contributed by atoms with Gasteiger partial charge in [0.15, 0.2) is 0 Å². The van der Waals surface area contributed by atoms with E-state index in [1.54, 1.807) is 0 Å². The number of alkyl carbamates (subject to hydrolysis) is 1. The van der Waals surface area contributed by atoms with E-state index in [4.69, 9.17) is 4.74 Å². The highest BCUT2D eigenvalue weighted by atomic mass is 16.5. The number of piperidine rings is 1. The summed E-state index contributed by atoms with van der Waals surface area (Å²) in [6, 6.07) is 0.210. The number of methoxy groups -OCH3 is 1. The second-order valence-electron chi connectivity index (χ2n) is 7.81. The van der Waals surface area contributed by atoms with Crippen LogP contribution < -0.4 is 5.32 Å². The molecule has 1 fully saturated rings. The summed E-state index contributed by atoms with van der Waals surface area (Å²) < 4.78 is 4.74. The lowest BCUT2D eigenvalue weighted by Crippen LogP contribution is -2.52. The van der Waals surface area contributed by atoms with Crippen LogP contribution in [0.2, 0.25) is 0 Å². The maximum atomic E-state index is 11.4. The fourth-order valence-corrected chi connectivity index (χ4v) is 3.31. The number of carbonyl (C=O) groups is 1. The van der Waals surface area contributed by atoms with Gasteiger partial charge in [0, 0.05) is 25.7 Å². The quantitative estimate of drug-likeness (QED) is 0.862. The number of amides is 1. The van der Waals surface area contributed by atoms with Gasteiger partial charge in [-0.2, -0.15) is 0 Å². The largest absolute Gasteiger partial charge is 0.453 e. The van der Waals surface area contributed by atoms with Crippen molar-refractivity contribution in [3.05, 3.63) is 0 Å². The van der Waals surface area contributed by atoms with E-state index in [1.165, 1.54) is 13.5 Å². The Morgan fingerprint density at radius 3 is 2.50 bits per heavy atom. The average Bonchev–Trinajstić information content (AvgIpc) is 2.24. The van der Waals surface area contributed by atoms with E-state index < -0.39 is 0 Å². The molecular weight excluding hydrogens is 252 g/mol. The summed E-state index contributed by atoms with van der Waals surface area (Å²) in [6.07, 6.45) is 1.94. The smallest absolute Gasteiger partial charge is 0.407 e. The lowest BCUT2D eigenvalue weighted by Gasteiger charge is -2.40. The van der Waals surface area contributed by atoms with Crippen molar-refractivity contribution in [1.29, 1.82) is 0 Å². The van der Waals surface area contributed by atoms with Gasteiger partial charge < -0.3 is 15.0 Å². The third kappa shape index (κ3) is 6.60. The molecule has 1 aliphatic rings. The lowest BCUT2D eigenvalue weighted by atomic mass is 9.80. The molecule has 1 aliphatic heterocycles. The van der Waals surface area contributed by atoms with Crippen molar-refractivity contribution in [1.82, 2.24) is 10.2 Å². The molecule has 0 aromatic rings. The molecule has 0 spiro atoms. The zero-order chi connectivity index (χ0) is 15.3. The van der Waals surface area contributed by atoms with Crippen LogP contribution in [0.1, 0.15) is 47.5 Å². The Balaban J connectivity index is 2.64. The van der Waals surface area contributed by atoms with Gasteiger partial charge in [0.1, 0.15) is 0 Å². The Kier molecular flexibility index (Phi) is 6.31. The number of nitrogens with zero attached hydrogens (tertiary/aromatic N) is 1. The summed E-state index contributed by atoms with van der Waals surface area (Å²) in [7, 11) is 1.43. The molecule has 4 heteroatoms. The summed E-state index contributed by atoms with van der Waals surface area (Å²) in [5.74, 6) is 1.30. The van der Waals surface area contributed by atoms with Gasteiger partial charge in [-0.1, -0.05) is 34.6 Å². The van der Waals surface area contributed by atoms with Crippen LogP contribution >= 0.6 is 0 Å². The molecule has 1 N–H and O–H groups in total. The molecule has 1 saturated heterocycles. The standard InChI is InChI=1S/C16H32N2O2/c1-12(2)9-18-10-13(8-16(3,4)5)7-14(11-18)17-15(19)20-6/h12-14H,7-11H2,1-6H3,(H,17,19). The van der Waals surface area contributed by atoms with E-state index in [2.05, 4.69) is 44.8 Å². The number of ether oxygens (including phenoxy) is 1. The van der Waals surface area contributed by atoms with Gasteiger partial charge in [-0.05, 0) is 30.1 Å². The first kappa shape index (κ1) is 17.3. The first-order valence-electron chi connectivity index (χ1n) is 7.76. The second-order valence-corrected chi connectivity index (χ2v) is 7.81. The minimum absolute atomic E-state index is 0.210. The van der Waals surface area contributed by atoms with E-state index in [1.807, 2.05) is 0 Å². The zero-order valence-electron chi connectivity index (χ0n) is 14.0. The molecule has 118 valence electrons. The molecule has 0 bridgehead atoms. The van der Waals surface area contributed by atoms with E-state index >= 15 is 0 Å². The van der Waals surface area contributed by atoms with Gasteiger partial charge in [-0.3, -0.25) is 0 Å². The Labute approximate surface area is 124 Å². The van der Waals surface area contributed by atoms with Crippen LogP contribution in [0.3, 0.4) is 0 Å². The minimum atomic E-state index is -0.309. The predicted molar refractivity (Wildman–Crippen MR) is 82.8 cm³/mol. The summed E-state index contributed by atoms with van der Waals surface area (Å²) in [4.78, 5) is 13.9. The van der Waals surface area contributed by atoms with Crippen LogP contribution in [-0.2, 0) is 4.74 Å². The van der Waals surface area contributed by atoms with Crippen LogP contribution in [0, 0.1) is 17.3 Å². The SMILES string of the molecule is COC(=O)NC1CC(CC(C)(C)C)CN(CC(C)C)C1. The molecule has 1 rings (SSSR count). The lowest BCUT2D eigenvalue weighted by molar-refractivity contribution is 0.0982. The van der Waals surface area contributed by atoms with Gasteiger partial charge in [0.05, 0.1) is 7.11 Å². The van der Waals surface area contributed by atoms with Crippen LogP contribution in [0.5, 0.6) is 0 Å². The number of hydrogen-bond acceptors (Lipinski definition) is 3. The minimum Gasteiger partial charge on any atom is -0.453 e. The molecule has 1 amide bonds. The molecule has 1 heterocycles. The number of nitrogens with one attached hydrogen (secondary N) is 1. The molecule has 2 unspecified atom stereocenters. The van der Waals surface area contributed by atoms with Crippen LogP contribution in [0.25, 0.3) is 0 Å². The van der Waals surface area contributed by atoms with Gasteiger partial charge >= 0.3 is 6.09 Å². The number of carbonyl (C=O) groups excluding carboxylic acids is 1. The molecule has 0 aromatic heterocycles. The Hall–Kier alpha value is -0.770. The zero-order valence-corrected chi connectivity index (χ0v) is 14.0. The van der Waals surface area contributed by atoms with E-state index in [0.29, 0.717) is 17.3 Å². The van der Waals surface area contributed by atoms with Gasteiger partial charge in [-0.15, -0.1) is 0 Å². The third-order valence-electron chi connectivity index (χ3n) is 3.64. The van der Waals surface area contributed by atoms with Gasteiger partial charge in [-0.25, -0.2) is 4.79 Å². The number of likely N-dealkylation sites (tertiary alicyclic amines) is 1. The normalized spacial score (nSPS) is 24.8. The van der Waals surface area contributed by atoms with E-state index in [0.717, 1.165) is 26.1 Å². The Bertz CT molecular complexity index is 310. The number of hydrogen-bond donors (Lipinski definition) is 1. The summed E-state index contributed by atoms with van der Waals surface area (Å²) >= 11 is 0. The molecule has 4 nitrogen and oxygen atoms in total. The van der Waals surface area contributed by atoms with Crippen molar-refractivity contribution >= 4 is 6.09 Å². The topological polar surface area (TPSA) is 41.6 Å². The fraction of sp³-hybridized carbons (Fsp3) is 0.938. The molecule has 0 aromatic carbocycles. The second kappa shape index (κ2) is 7.30.